The van der Waals surface area contributed by atoms with Gasteiger partial charge in [-0.3, -0.25) is 14.5 Å². The summed E-state index contributed by atoms with van der Waals surface area (Å²) >= 11 is 0. The van der Waals surface area contributed by atoms with Crippen LogP contribution < -0.4 is 15.4 Å². The van der Waals surface area contributed by atoms with Crippen molar-refractivity contribution in [1.82, 2.24) is 15.5 Å². The van der Waals surface area contributed by atoms with Gasteiger partial charge in [0.1, 0.15) is 11.9 Å². The van der Waals surface area contributed by atoms with Crippen LogP contribution in [0, 0.1) is 0 Å². The number of morpholine rings is 1. The summed E-state index contributed by atoms with van der Waals surface area (Å²) in [4.78, 5) is 27.7. The summed E-state index contributed by atoms with van der Waals surface area (Å²) in [7, 11) is 3.05. The number of hydrogen-bond acceptors (Lipinski definition) is 6. The van der Waals surface area contributed by atoms with Crippen LogP contribution in [0.5, 0.6) is 5.75 Å². The smallest absolute Gasteiger partial charge is 0.253 e. The lowest BCUT2D eigenvalue weighted by Gasteiger charge is -2.38. The Bertz CT molecular complexity index is 840. The van der Waals surface area contributed by atoms with Gasteiger partial charge in [0, 0.05) is 31.3 Å². The molecule has 1 aliphatic rings. The predicted molar refractivity (Wildman–Crippen MR) is 111 cm³/mol. The monoisotopic (exact) mass is 413 g/mol. The Balaban J connectivity index is 1.79. The van der Waals surface area contributed by atoms with E-state index in [1.807, 2.05) is 11.0 Å². The van der Waals surface area contributed by atoms with Gasteiger partial charge in [0.05, 0.1) is 20.3 Å². The number of hydrogen-bond donors (Lipinski definition) is 2. The van der Waals surface area contributed by atoms with Crippen molar-refractivity contribution in [3.8, 4) is 5.75 Å². The van der Waals surface area contributed by atoms with Crippen molar-refractivity contribution >= 4 is 11.8 Å². The third-order valence-electron chi connectivity index (χ3n) is 4.90. The molecular formula is C22H27N3O5. The maximum Gasteiger partial charge on any atom is 0.253 e. The second-order valence-electron chi connectivity index (χ2n) is 6.79. The van der Waals surface area contributed by atoms with Crippen LogP contribution in [0.1, 0.15) is 20.7 Å². The summed E-state index contributed by atoms with van der Waals surface area (Å²) in [5.41, 5.74) is 0.969. The van der Waals surface area contributed by atoms with Gasteiger partial charge in [-0.25, -0.2) is 0 Å². The quantitative estimate of drug-likeness (QED) is 0.638. The van der Waals surface area contributed by atoms with Crippen LogP contribution in [0.3, 0.4) is 0 Å². The number of nitrogens with zero attached hydrogens (tertiary/aromatic N) is 1. The molecule has 30 heavy (non-hydrogen) atoms. The van der Waals surface area contributed by atoms with Gasteiger partial charge >= 0.3 is 0 Å². The van der Waals surface area contributed by atoms with E-state index in [0.29, 0.717) is 43.2 Å². The number of methoxy groups -OCH3 is 2. The van der Waals surface area contributed by atoms with Gasteiger partial charge in [0.2, 0.25) is 0 Å². The number of carbonyl (C=O) groups excluding carboxylic acids is 2. The van der Waals surface area contributed by atoms with E-state index < -0.39 is 12.4 Å². The lowest BCUT2D eigenvalue weighted by molar-refractivity contribution is -0.0525. The second-order valence-corrected chi connectivity index (χ2v) is 6.79. The van der Waals surface area contributed by atoms with Gasteiger partial charge in [-0.05, 0) is 30.3 Å². The molecule has 1 aliphatic heterocycles. The third kappa shape index (κ3) is 5.56. The molecule has 8 nitrogen and oxygen atoms in total. The van der Waals surface area contributed by atoms with Crippen molar-refractivity contribution in [2.24, 2.45) is 0 Å². The molecule has 2 aromatic rings. The average Bonchev–Trinajstić information content (AvgIpc) is 2.82. The highest BCUT2D eigenvalue weighted by atomic mass is 16.5. The normalized spacial score (nSPS) is 16.3. The fraction of sp³-hybridized carbons (Fsp3) is 0.364. The number of benzene rings is 2. The SMILES string of the molecule is COc1cccc(C(=O)NC(C(NC(=O)c2ccccc2)OC)N2CCOCC2)c1. The molecule has 0 aromatic heterocycles. The van der Waals surface area contributed by atoms with E-state index in [2.05, 4.69) is 10.6 Å². The Morgan fingerprint density at radius 2 is 1.60 bits per heavy atom. The van der Waals surface area contributed by atoms with Crippen molar-refractivity contribution in [2.45, 2.75) is 12.4 Å². The number of ether oxygens (including phenoxy) is 3. The lowest BCUT2D eigenvalue weighted by Crippen LogP contribution is -2.62. The Labute approximate surface area is 176 Å². The molecule has 1 fully saturated rings. The van der Waals surface area contributed by atoms with Crippen molar-refractivity contribution in [2.75, 3.05) is 40.5 Å². The molecular weight excluding hydrogens is 386 g/mol. The fourth-order valence-electron chi connectivity index (χ4n) is 3.26. The van der Waals surface area contributed by atoms with Gasteiger partial charge in [0.25, 0.3) is 11.8 Å². The first-order valence-corrected chi connectivity index (χ1v) is 9.78. The largest absolute Gasteiger partial charge is 0.497 e. The van der Waals surface area contributed by atoms with Crippen molar-refractivity contribution in [1.29, 1.82) is 0 Å². The summed E-state index contributed by atoms with van der Waals surface area (Å²) in [5.74, 6) is 0.0176. The lowest BCUT2D eigenvalue weighted by atomic mass is 10.2. The number of carbonyl (C=O) groups is 2. The van der Waals surface area contributed by atoms with Gasteiger partial charge in [-0.2, -0.15) is 0 Å². The fourth-order valence-corrected chi connectivity index (χ4v) is 3.26. The summed E-state index contributed by atoms with van der Waals surface area (Å²) in [5, 5.41) is 5.88. The summed E-state index contributed by atoms with van der Waals surface area (Å²) in [6, 6.07) is 15.8. The Morgan fingerprint density at radius 3 is 2.27 bits per heavy atom. The first-order chi connectivity index (χ1) is 14.6. The molecule has 3 rings (SSSR count). The van der Waals surface area contributed by atoms with Crippen LogP contribution >= 0.6 is 0 Å². The first-order valence-electron chi connectivity index (χ1n) is 9.78. The Morgan fingerprint density at radius 1 is 0.933 bits per heavy atom. The number of nitrogens with one attached hydrogen (secondary N) is 2. The molecule has 0 aliphatic carbocycles. The standard InChI is InChI=1S/C22H27N3O5/c1-28-18-10-6-9-17(15-18)21(27)23-19(25-11-13-30-14-12-25)22(29-2)24-20(26)16-7-4-3-5-8-16/h3-10,15,19,22H,11-14H2,1-2H3,(H,23,27)(H,24,26). The molecule has 1 heterocycles. The van der Waals surface area contributed by atoms with E-state index in [1.165, 1.54) is 7.11 Å². The minimum atomic E-state index is -0.759. The average molecular weight is 413 g/mol. The van der Waals surface area contributed by atoms with E-state index in [4.69, 9.17) is 14.2 Å². The van der Waals surface area contributed by atoms with Crippen LogP contribution in [0.2, 0.25) is 0 Å². The maximum absolute atomic E-state index is 12.9. The molecule has 8 heteroatoms. The molecule has 2 aromatic carbocycles. The molecule has 0 radical (unpaired) electrons. The van der Waals surface area contributed by atoms with Gasteiger partial charge in [-0.15, -0.1) is 0 Å². The molecule has 2 N–H and O–H groups in total. The molecule has 0 saturated carbocycles. The van der Waals surface area contributed by atoms with Crippen molar-refractivity contribution in [3.63, 3.8) is 0 Å². The van der Waals surface area contributed by atoms with Gasteiger partial charge in [0.15, 0.2) is 6.23 Å². The van der Waals surface area contributed by atoms with Gasteiger partial charge in [-0.1, -0.05) is 24.3 Å². The van der Waals surface area contributed by atoms with Crippen LogP contribution in [0.25, 0.3) is 0 Å². The van der Waals surface area contributed by atoms with Crippen molar-refractivity contribution in [3.05, 3.63) is 65.7 Å². The Hall–Kier alpha value is -2.94. The van der Waals surface area contributed by atoms with Crippen LogP contribution in [-0.2, 0) is 9.47 Å². The first kappa shape index (κ1) is 21.8. The molecule has 0 bridgehead atoms. The highest BCUT2D eigenvalue weighted by Crippen LogP contribution is 2.14. The van der Waals surface area contributed by atoms with E-state index in [9.17, 15) is 9.59 Å². The molecule has 2 atom stereocenters. The zero-order valence-corrected chi connectivity index (χ0v) is 17.2. The van der Waals surface area contributed by atoms with Gasteiger partial charge < -0.3 is 24.8 Å². The zero-order chi connectivity index (χ0) is 21.3. The highest BCUT2D eigenvalue weighted by Gasteiger charge is 2.32. The summed E-state index contributed by atoms with van der Waals surface area (Å²) in [6.45, 7) is 2.28. The molecule has 2 unspecified atom stereocenters. The van der Waals surface area contributed by atoms with E-state index in [1.54, 1.807) is 55.6 Å². The molecule has 160 valence electrons. The highest BCUT2D eigenvalue weighted by molar-refractivity contribution is 5.95. The van der Waals surface area contributed by atoms with Crippen LogP contribution in [0.15, 0.2) is 54.6 Å². The summed E-state index contributed by atoms with van der Waals surface area (Å²) < 4.78 is 16.2. The number of amides is 2. The minimum absolute atomic E-state index is 0.281. The topological polar surface area (TPSA) is 89.1 Å². The second kappa shape index (κ2) is 10.7. The number of rotatable bonds is 8. The summed E-state index contributed by atoms with van der Waals surface area (Å²) in [6.07, 6.45) is -1.34. The molecule has 0 spiro atoms. The van der Waals surface area contributed by atoms with Crippen molar-refractivity contribution < 1.29 is 23.8 Å². The molecule has 1 saturated heterocycles. The van der Waals surface area contributed by atoms with E-state index in [0.717, 1.165) is 0 Å². The zero-order valence-electron chi connectivity index (χ0n) is 17.2. The molecule has 2 amide bonds. The van der Waals surface area contributed by atoms with E-state index >= 15 is 0 Å². The Kier molecular flexibility index (Phi) is 7.78. The van der Waals surface area contributed by atoms with Crippen LogP contribution in [-0.4, -0.2) is 69.6 Å². The van der Waals surface area contributed by atoms with E-state index in [-0.39, 0.29) is 11.8 Å². The third-order valence-corrected chi connectivity index (χ3v) is 4.90. The van der Waals surface area contributed by atoms with Crippen LogP contribution in [0.4, 0.5) is 0 Å². The predicted octanol–water partition coefficient (Wildman–Crippen LogP) is 1.49. The minimum Gasteiger partial charge on any atom is -0.497 e. The maximum atomic E-state index is 12.9.